The molecule has 0 aliphatic carbocycles. The highest BCUT2D eigenvalue weighted by Gasteiger charge is 2.05. The maximum atomic E-state index is 4.45. The van der Waals surface area contributed by atoms with Crippen molar-refractivity contribution in [3.63, 3.8) is 0 Å². The number of hydrogen-bond donors (Lipinski definition) is 0. The van der Waals surface area contributed by atoms with E-state index in [4.69, 9.17) is 0 Å². The van der Waals surface area contributed by atoms with Crippen LogP contribution in [0.3, 0.4) is 0 Å². The van der Waals surface area contributed by atoms with E-state index in [1.165, 1.54) is 15.4 Å². The first kappa shape index (κ1) is 10.4. The summed E-state index contributed by atoms with van der Waals surface area (Å²) in [5.74, 6) is 0.590. The van der Waals surface area contributed by atoms with Crippen molar-refractivity contribution < 1.29 is 0 Å². The van der Waals surface area contributed by atoms with Crippen LogP contribution in [0.15, 0.2) is 36.5 Å². The van der Waals surface area contributed by atoms with Gasteiger partial charge in [-0.1, -0.05) is 44.2 Å². The van der Waals surface area contributed by atoms with Crippen molar-refractivity contribution in [3.05, 3.63) is 52.0 Å². The Bertz CT molecular complexity index is 417. The first-order valence-corrected chi connectivity index (χ1v) is 6.06. The summed E-state index contributed by atoms with van der Waals surface area (Å²) in [6, 6.07) is 10.5. The summed E-state index contributed by atoms with van der Waals surface area (Å²) in [5, 5.41) is 1.21. The van der Waals surface area contributed by atoms with E-state index in [1.54, 1.807) is 0 Å². The van der Waals surface area contributed by atoms with Crippen LogP contribution in [0.25, 0.3) is 0 Å². The van der Waals surface area contributed by atoms with Gasteiger partial charge in [0.25, 0.3) is 0 Å². The van der Waals surface area contributed by atoms with E-state index in [0.29, 0.717) is 5.92 Å². The van der Waals surface area contributed by atoms with Gasteiger partial charge in [-0.05, 0) is 11.5 Å². The Kier molecular flexibility index (Phi) is 3.17. The topological polar surface area (TPSA) is 12.9 Å². The van der Waals surface area contributed by atoms with Crippen LogP contribution in [0.5, 0.6) is 0 Å². The Morgan fingerprint density at radius 1 is 1.20 bits per heavy atom. The van der Waals surface area contributed by atoms with Gasteiger partial charge < -0.3 is 0 Å². The summed E-state index contributed by atoms with van der Waals surface area (Å²) in [7, 11) is 0. The molecule has 0 unspecified atom stereocenters. The average Bonchev–Trinajstić information content (AvgIpc) is 2.68. The van der Waals surface area contributed by atoms with Gasteiger partial charge in [-0.3, -0.25) is 0 Å². The van der Waals surface area contributed by atoms with Crippen LogP contribution in [-0.2, 0) is 6.42 Å². The predicted octanol–water partition coefficient (Wildman–Crippen LogP) is 3.86. The van der Waals surface area contributed by atoms with Gasteiger partial charge in [0.05, 0.1) is 5.01 Å². The maximum absolute atomic E-state index is 4.45. The van der Waals surface area contributed by atoms with Gasteiger partial charge in [-0.25, -0.2) is 4.98 Å². The molecule has 0 bridgehead atoms. The van der Waals surface area contributed by atoms with Gasteiger partial charge in [-0.15, -0.1) is 11.3 Å². The number of aromatic nitrogens is 1. The fourth-order valence-corrected chi connectivity index (χ4v) is 2.40. The quantitative estimate of drug-likeness (QED) is 0.760. The zero-order valence-corrected chi connectivity index (χ0v) is 9.92. The lowest BCUT2D eigenvalue weighted by molar-refractivity contribution is 0.885. The van der Waals surface area contributed by atoms with E-state index in [-0.39, 0.29) is 0 Å². The highest BCUT2D eigenvalue weighted by Crippen LogP contribution is 2.23. The molecule has 1 aromatic heterocycles. The second-order valence-corrected chi connectivity index (χ2v) is 5.12. The first-order chi connectivity index (χ1) is 7.25. The molecule has 0 amide bonds. The third kappa shape index (κ3) is 2.66. The minimum Gasteiger partial charge on any atom is -0.249 e. The number of thiazole rings is 1. The van der Waals surface area contributed by atoms with Crippen molar-refractivity contribution in [2.75, 3.05) is 0 Å². The molecule has 0 saturated heterocycles. The summed E-state index contributed by atoms with van der Waals surface area (Å²) >= 11 is 1.82. The molecule has 0 radical (unpaired) electrons. The van der Waals surface area contributed by atoms with Gasteiger partial charge in [0.1, 0.15) is 0 Å². The molecule has 0 fully saturated rings. The lowest BCUT2D eigenvalue weighted by Gasteiger charge is -1.97. The third-order valence-corrected chi connectivity index (χ3v) is 3.64. The fraction of sp³-hybridized carbons (Fsp3) is 0.308. The van der Waals surface area contributed by atoms with Gasteiger partial charge in [0.15, 0.2) is 0 Å². The zero-order valence-electron chi connectivity index (χ0n) is 9.10. The SMILES string of the molecule is CC(C)c1cnc(Cc2ccccc2)s1. The van der Waals surface area contributed by atoms with Gasteiger partial charge >= 0.3 is 0 Å². The molecule has 15 heavy (non-hydrogen) atoms. The van der Waals surface area contributed by atoms with E-state index < -0.39 is 0 Å². The molecule has 1 heterocycles. The molecule has 0 N–H and O–H groups in total. The Morgan fingerprint density at radius 3 is 2.53 bits per heavy atom. The molecule has 0 saturated carbocycles. The van der Waals surface area contributed by atoms with E-state index in [9.17, 15) is 0 Å². The predicted molar refractivity (Wildman–Crippen MR) is 65.5 cm³/mol. The minimum atomic E-state index is 0.590. The molecule has 2 aromatic rings. The Labute approximate surface area is 94.8 Å². The number of benzene rings is 1. The highest BCUT2D eigenvalue weighted by molar-refractivity contribution is 7.11. The van der Waals surface area contributed by atoms with Crippen molar-refractivity contribution >= 4 is 11.3 Å². The number of nitrogens with zero attached hydrogens (tertiary/aromatic N) is 1. The number of hydrogen-bond acceptors (Lipinski definition) is 2. The van der Waals surface area contributed by atoms with Crippen molar-refractivity contribution in [1.82, 2.24) is 4.98 Å². The molecular formula is C13H15NS. The second kappa shape index (κ2) is 4.58. The lowest BCUT2D eigenvalue weighted by Crippen LogP contribution is -1.84. The van der Waals surface area contributed by atoms with E-state index in [2.05, 4.69) is 43.1 Å². The monoisotopic (exact) mass is 217 g/mol. The molecule has 1 aromatic carbocycles. The standard InChI is InChI=1S/C13H15NS/c1-10(2)12-9-14-13(15-12)8-11-6-4-3-5-7-11/h3-7,9-10H,8H2,1-2H3. The molecule has 2 heteroatoms. The largest absolute Gasteiger partial charge is 0.249 e. The van der Waals surface area contributed by atoms with Crippen LogP contribution in [0.4, 0.5) is 0 Å². The lowest BCUT2D eigenvalue weighted by atomic mass is 10.2. The fourth-order valence-electron chi connectivity index (χ4n) is 1.44. The van der Waals surface area contributed by atoms with Crippen molar-refractivity contribution in [2.24, 2.45) is 0 Å². The molecule has 78 valence electrons. The second-order valence-electron chi connectivity index (χ2n) is 3.97. The van der Waals surface area contributed by atoms with Crippen LogP contribution in [0, 0.1) is 0 Å². The molecule has 1 nitrogen and oxygen atoms in total. The van der Waals surface area contributed by atoms with E-state index in [0.717, 1.165) is 6.42 Å². The highest BCUT2D eigenvalue weighted by atomic mass is 32.1. The number of rotatable bonds is 3. The molecule has 0 atom stereocenters. The molecule has 0 spiro atoms. The average molecular weight is 217 g/mol. The zero-order chi connectivity index (χ0) is 10.7. The Hall–Kier alpha value is -1.15. The summed E-state index contributed by atoms with van der Waals surface area (Å²) in [6.45, 7) is 4.42. The van der Waals surface area contributed by atoms with E-state index >= 15 is 0 Å². The maximum Gasteiger partial charge on any atom is 0.0971 e. The normalized spacial score (nSPS) is 10.9. The minimum absolute atomic E-state index is 0.590. The smallest absolute Gasteiger partial charge is 0.0971 e. The summed E-state index contributed by atoms with van der Waals surface area (Å²) in [5.41, 5.74) is 1.34. The first-order valence-electron chi connectivity index (χ1n) is 5.24. The Balaban J connectivity index is 2.12. The summed E-state index contributed by atoms with van der Waals surface area (Å²) in [4.78, 5) is 5.83. The van der Waals surface area contributed by atoms with E-state index in [1.807, 2.05) is 23.6 Å². The van der Waals surface area contributed by atoms with Crippen molar-refractivity contribution in [1.29, 1.82) is 0 Å². The Morgan fingerprint density at radius 2 is 1.93 bits per heavy atom. The van der Waals surface area contributed by atoms with Crippen LogP contribution < -0.4 is 0 Å². The van der Waals surface area contributed by atoms with Crippen LogP contribution >= 0.6 is 11.3 Å². The third-order valence-electron chi connectivity index (χ3n) is 2.34. The molecular weight excluding hydrogens is 202 g/mol. The molecule has 2 rings (SSSR count). The van der Waals surface area contributed by atoms with Crippen molar-refractivity contribution in [2.45, 2.75) is 26.2 Å². The van der Waals surface area contributed by atoms with Gasteiger partial charge in [0.2, 0.25) is 0 Å². The van der Waals surface area contributed by atoms with Crippen LogP contribution in [-0.4, -0.2) is 4.98 Å². The van der Waals surface area contributed by atoms with Crippen LogP contribution in [0.1, 0.15) is 35.2 Å². The van der Waals surface area contributed by atoms with Gasteiger partial charge in [-0.2, -0.15) is 0 Å². The van der Waals surface area contributed by atoms with Crippen LogP contribution in [0.2, 0.25) is 0 Å². The molecule has 0 aliphatic rings. The summed E-state index contributed by atoms with van der Waals surface area (Å²) in [6.07, 6.45) is 2.96. The molecule has 0 aliphatic heterocycles. The van der Waals surface area contributed by atoms with Gasteiger partial charge in [0, 0.05) is 17.5 Å². The summed E-state index contributed by atoms with van der Waals surface area (Å²) < 4.78 is 0. The van der Waals surface area contributed by atoms with Crippen molar-refractivity contribution in [3.8, 4) is 0 Å².